The molecule has 0 aliphatic carbocycles. The average Bonchev–Trinajstić information content (AvgIpc) is 2.94. The van der Waals surface area contributed by atoms with Gasteiger partial charge in [0.05, 0.1) is 0 Å². The van der Waals surface area contributed by atoms with E-state index in [-0.39, 0.29) is 5.75 Å². The van der Waals surface area contributed by atoms with Crippen LogP contribution >= 0.6 is 0 Å². The van der Waals surface area contributed by atoms with Gasteiger partial charge in [-0.15, -0.1) is 0 Å². The number of benzene rings is 2. The molecule has 4 rings (SSSR count). The van der Waals surface area contributed by atoms with Gasteiger partial charge in [-0.1, -0.05) is 30.3 Å². The number of fused-ring (bicyclic) bond motifs is 2. The monoisotopic (exact) mass is 274 g/mol. The van der Waals surface area contributed by atoms with E-state index in [2.05, 4.69) is 34.4 Å². The highest BCUT2D eigenvalue weighted by Crippen LogP contribution is 2.28. The maximum Gasteiger partial charge on any atom is 0.141 e. The summed E-state index contributed by atoms with van der Waals surface area (Å²) in [6, 6.07) is 15.9. The normalized spacial score (nSPS) is 11.2. The lowest BCUT2D eigenvalue weighted by atomic mass is 10.00. The van der Waals surface area contributed by atoms with E-state index in [4.69, 9.17) is 0 Å². The number of aromatic hydroxyl groups is 1. The van der Waals surface area contributed by atoms with Crippen LogP contribution in [0.15, 0.2) is 60.9 Å². The first-order chi connectivity index (χ1) is 10.3. The predicted molar refractivity (Wildman–Crippen MR) is 84.5 cm³/mol. The van der Waals surface area contributed by atoms with Crippen LogP contribution in [0.25, 0.3) is 21.8 Å². The Kier molecular flexibility index (Phi) is 2.64. The zero-order valence-electron chi connectivity index (χ0n) is 11.4. The molecule has 0 aliphatic heterocycles. The molecule has 0 atom stereocenters. The Labute approximate surface area is 121 Å². The van der Waals surface area contributed by atoms with Crippen molar-refractivity contribution in [2.75, 3.05) is 0 Å². The molecule has 21 heavy (non-hydrogen) atoms. The molecule has 0 amide bonds. The highest BCUT2D eigenvalue weighted by atomic mass is 16.3. The second-order valence-corrected chi connectivity index (χ2v) is 5.18. The molecule has 2 N–H and O–H groups in total. The molecule has 0 radical (unpaired) electrons. The Morgan fingerprint density at radius 3 is 2.71 bits per heavy atom. The molecular weight excluding hydrogens is 260 g/mol. The summed E-state index contributed by atoms with van der Waals surface area (Å²) in [5.74, 6) is 0.230. The van der Waals surface area contributed by atoms with Crippen molar-refractivity contribution in [2.24, 2.45) is 0 Å². The molecule has 0 unspecified atom stereocenters. The summed E-state index contributed by atoms with van der Waals surface area (Å²) in [7, 11) is 0. The second kappa shape index (κ2) is 4.63. The van der Waals surface area contributed by atoms with E-state index in [9.17, 15) is 5.11 Å². The number of nitrogens with zero attached hydrogens (tertiary/aromatic N) is 1. The highest BCUT2D eigenvalue weighted by molar-refractivity contribution is 5.89. The van der Waals surface area contributed by atoms with E-state index in [1.54, 1.807) is 12.3 Å². The minimum atomic E-state index is 0.230. The molecule has 0 saturated heterocycles. The van der Waals surface area contributed by atoms with Gasteiger partial charge in [0.1, 0.15) is 11.3 Å². The topological polar surface area (TPSA) is 48.9 Å². The Balaban J connectivity index is 1.86. The van der Waals surface area contributed by atoms with Gasteiger partial charge in [0, 0.05) is 35.1 Å². The van der Waals surface area contributed by atoms with Crippen LogP contribution in [0.3, 0.4) is 0 Å². The fraction of sp³-hybridized carbons (Fsp3) is 0.0556. The summed E-state index contributed by atoms with van der Waals surface area (Å²) in [4.78, 5) is 7.58. The van der Waals surface area contributed by atoms with E-state index >= 15 is 0 Å². The van der Waals surface area contributed by atoms with Crippen molar-refractivity contribution in [1.29, 1.82) is 0 Å². The molecule has 0 fully saturated rings. The first kappa shape index (κ1) is 12.0. The summed E-state index contributed by atoms with van der Waals surface area (Å²) >= 11 is 0. The number of rotatable bonds is 2. The van der Waals surface area contributed by atoms with E-state index in [1.807, 2.05) is 24.3 Å². The first-order valence-corrected chi connectivity index (χ1v) is 6.93. The van der Waals surface area contributed by atoms with Gasteiger partial charge >= 0.3 is 0 Å². The predicted octanol–water partition coefficient (Wildman–Crippen LogP) is 4.01. The third-order valence-electron chi connectivity index (χ3n) is 3.89. The smallest absolute Gasteiger partial charge is 0.141 e. The fourth-order valence-corrected chi connectivity index (χ4v) is 2.85. The number of hydrogen-bond donors (Lipinski definition) is 2. The number of hydrogen-bond acceptors (Lipinski definition) is 2. The number of aromatic amines is 1. The van der Waals surface area contributed by atoms with Crippen molar-refractivity contribution in [3.63, 3.8) is 0 Å². The van der Waals surface area contributed by atoms with E-state index in [1.165, 1.54) is 16.5 Å². The van der Waals surface area contributed by atoms with Crippen molar-refractivity contribution >= 4 is 21.8 Å². The Morgan fingerprint density at radius 1 is 0.905 bits per heavy atom. The third kappa shape index (κ3) is 1.94. The van der Waals surface area contributed by atoms with Gasteiger partial charge in [-0.05, 0) is 29.3 Å². The lowest BCUT2D eigenvalue weighted by molar-refractivity contribution is 0.480. The van der Waals surface area contributed by atoms with E-state index in [0.717, 1.165) is 17.3 Å². The molecule has 0 aliphatic rings. The number of para-hydroxylation sites is 1. The van der Waals surface area contributed by atoms with Crippen LogP contribution in [0.1, 0.15) is 11.1 Å². The molecule has 3 nitrogen and oxygen atoms in total. The number of phenols is 1. The van der Waals surface area contributed by atoms with Crippen LogP contribution in [0.2, 0.25) is 0 Å². The maximum absolute atomic E-state index is 9.92. The van der Waals surface area contributed by atoms with Gasteiger partial charge in [-0.2, -0.15) is 0 Å². The third-order valence-corrected chi connectivity index (χ3v) is 3.89. The van der Waals surface area contributed by atoms with Gasteiger partial charge in [0.2, 0.25) is 0 Å². The number of nitrogens with one attached hydrogen (secondary N) is 1. The van der Waals surface area contributed by atoms with Gasteiger partial charge in [0.25, 0.3) is 0 Å². The quantitative estimate of drug-likeness (QED) is 0.580. The standard InChI is InChI=1S/C18H14N2O/c21-17-8-7-12(15-5-3-9-19-18(15)17)10-13-11-20-16-6-2-1-4-14(13)16/h1-9,11,20-21H,10H2. The van der Waals surface area contributed by atoms with Gasteiger partial charge in [-0.3, -0.25) is 4.98 Å². The van der Waals surface area contributed by atoms with Crippen LogP contribution < -0.4 is 0 Å². The van der Waals surface area contributed by atoms with Crippen molar-refractivity contribution in [1.82, 2.24) is 9.97 Å². The molecule has 2 heterocycles. The molecule has 102 valence electrons. The number of aromatic nitrogens is 2. The minimum absolute atomic E-state index is 0.230. The van der Waals surface area contributed by atoms with Crippen LogP contribution in [0, 0.1) is 0 Å². The Morgan fingerprint density at radius 2 is 1.76 bits per heavy atom. The maximum atomic E-state index is 9.92. The SMILES string of the molecule is Oc1ccc(Cc2c[nH]c3ccccc23)c2cccnc12. The second-order valence-electron chi connectivity index (χ2n) is 5.18. The lowest BCUT2D eigenvalue weighted by Crippen LogP contribution is -1.90. The molecular formula is C18H14N2O. The summed E-state index contributed by atoms with van der Waals surface area (Å²) < 4.78 is 0. The number of pyridine rings is 1. The van der Waals surface area contributed by atoms with Crippen LogP contribution in [-0.4, -0.2) is 15.1 Å². The summed E-state index contributed by atoms with van der Waals surface area (Å²) in [6.45, 7) is 0. The fourth-order valence-electron chi connectivity index (χ4n) is 2.85. The summed E-state index contributed by atoms with van der Waals surface area (Å²) in [6.07, 6.45) is 4.57. The zero-order valence-corrected chi connectivity index (χ0v) is 11.4. The van der Waals surface area contributed by atoms with Gasteiger partial charge in [-0.25, -0.2) is 0 Å². The molecule has 0 saturated carbocycles. The molecule has 3 heteroatoms. The number of H-pyrrole nitrogens is 1. The van der Waals surface area contributed by atoms with Crippen molar-refractivity contribution < 1.29 is 5.11 Å². The molecule has 0 bridgehead atoms. The van der Waals surface area contributed by atoms with Gasteiger partial charge < -0.3 is 10.1 Å². The van der Waals surface area contributed by atoms with Crippen molar-refractivity contribution in [2.45, 2.75) is 6.42 Å². The number of phenolic OH excluding ortho intramolecular Hbond substituents is 1. The Hall–Kier alpha value is -2.81. The minimum Gasteiger partial charge on any atom is -0.506 e. The van der Waals surface area contributed by atoms with Gasteiger partial charge in [0.15, 0.2) is 0 Å². The molecule has 4 aromatic rings. The zero-order chi connectivity index (χ0) is 14.2. The van der Waals surface area contributed by atoms with E-state index < -0.39 is 0 Å². The molecule has 2 aromatic heterocycles. The van der Waals surface area contributed by atoms with Crippen LogP contribution in [-0.2, 0) is 6.42 Å². The lowest BCUT2D eigenvalue weighted by Gasteiger charge is -2.07. The van der Waals surface area contributed by atoms with Crippen molar-refractivity contribution in [3.8, 4) is 5.75 Å². The molecule has 2 aromatic carbocycles. The summed E-state index contributed by atoms with van der Waals surface area (Å²) in [5.41, 5.74) is 4.23. The summed E-state index contributed by atoms with van der Waals surface area (Å²) in [5, 5.41) is 12.2. The highest BCUT2D eigenvalue weighted by Gasteiger charge is 2.09. The largest absolute Gasteiger partial charge is 0.506 e. The Bertz CT molecular complexity index is 940. The first-order valence-electron chi connectivity index (χ1n) is 6.93. The molecule has 0 spiro atoms. The van der Waals surface area contributed by atoms with Crippen molar-refractivity contribution in [3.05, 3.63) is 72.1 Å². The van der Waals surface area contributed by atoms with Crippen LogP contribution in [0.5, 0.6) is 5.75 Å². The van der Waals surface area contributed by atoms with E-state index in [0.29, 0.717) is 5.52 Å². The van der Waals surface area contributed by atoms with Crippen LogP contribution in [0.4, 0.5) is 0 Å². The average molecular weight is 274 g/mol.